The highest BCUT2D eigenvalue weighted by atomic mass is 14.7. The molecule has 0 radical (unpaired) electrons. The number of aryl methyl sites for hydroxylation is 1. The Morgan fingerprint density at radius 1 is 1.54 bits per heavy atom. The Morgan fingerprint density at radius 2 is 2.31 bits per heavy atom. The van der Waals surface area contributed by atoms with Gasteiger partial charge in [-0.05, 0) is 37.5 Å². The predicted octanol–water partition coefficient (Wildman–Crippen LogP) is 3.59. The Bertz CT molecular complexity index is 300. The molecule has 1 aromatic heterocycles. The van der Waals surface area contributed by atoms with Crippen LogP contribution in [0.4, 0.5) is 0 Å². The van der Waals surface area contributed by atoms with Crippen molar-refractivity contribution in [1.29, 1.82) is 0 Å². The van der Waals surface area contributed by atoms with Crippen molar-refractivity contribution in [2.75, 3.05) is 0 Å². The van der Waals surface area contributed by atoms with Crippen molar-refractivity contribution < 1.29 is 0 Å². The van der Waals surface area contributed by atoms with Gasteiger partial charge in [-0.1, -0.05) is 25.5 Å². The van der Waals surface area contributed by atoms with Crippen LogP contribution in [-0.2, 0) is 0 Å². The maximum atomic E-state index is 4.27. The fraction of sp³-hybridized carbons (Fsp3) is 0.417. The lowest BCUT2D eigenvalue weighted by Gasteiger charge is -2.04. The third-order valence-corrected chi connectivity index (χ3v) is 2.17. The fourth-order valence-corrected chi connectivity index (χ4v) is 1.37. The first-order valence-corrected chi connectivity index (χ1v) is 4.84. The van der Waals surface area contributed by atoms with Crippen LogP contribution in [0.25, 0.3) is 5.57 Å². The van der Waals surface area contributed by atoms with E-state index in [0.717, 1.165) is 12.1 Å². The lowest BCUT2D eigenvalue weighted by molar-refractivity contribution is 0.958. The number of nitrogens with zero attached hydrogens (tertiary/aromatic N) is 1. The van der Waals surface area contributed by atoms with Gasteiger partial charge in [-0.3, -0.25) is 4.98 Å². The third kappa shape index (κ3) is 2.69. The molecule has 13 heavy (non-hydrogen) atoms. The van der Waals surface area contributed by atoms with E-state index in [2.05, 4.69) is 37.9 Å². The second-order valence-corrected chi connectivity index (χ2v) is 3.31. The average Bonchev–Trinajstić information content (AvgIpc) is 2.15. The van der Waals surface area contributed by atoms with Gasteiger partial charge < -0.3 is 0 Å². The molecule has 0 aromatic carbocycles. The summed E-state index contributed by atoms with van der Waals surface area (Å²) in [5.41, 5.74) is 3.73. The number of hydrogen-bond donors (Lipinski definition) is 0. The standard InChI is InChI=1S/C12H17N/c1-4-5-7-10(2)12-8-6-9-13-11(12)3/h6-9H,4-5H2,1-3H3/b10-7-. The highest BCUT2D eigenvalue weighted by molar-refractivity contribution is 5.64. The van der Waals surface area contributed by atoms with Gasteiger partial charge in [-0.15, -0.1) is 0 Å². The van der Waals surface area contributed by atoms with Crippen molar-refractivity contribution in [1.82, 2.24) is 4.98 Å². The van der Waals surface area contributed by atoms with E-state index in [1.807, 2.05) is 12.3 Å². The van der Waals surface area contributed by atoms with Gasteiger partial charge in [-0.25, -0.2) is 0 Å². The SMILES string of the molecule is CCC/C=C(/C)c1cccnc1C. The molecular formula is C12H17N. The van der Waals surface area contributed by atoms with E-state index in [1.165, 1.54) is 17.6 Å². The van der Waals surface area contributed by atoms with Gasteiger partial charge in [0.15, 0.2) is 0 Å². The van der Waals surface area contributed by atoms with Crippen LogP contribution in [0, 0.1) is 6.92 Å². The summed E-state index contributed by atoms with van der Waals surface area (Å²) in [6.45, 7) is 6.40. The molecule has 0 bridgehead atoms. The molecule has 0 saturated heterocycles. The minimum absolute atomic E-state index is 1.12. The van der Waals surface area contributed by atoms with E-state index < -0.39 is 0 Å². The summed E-state index contributed by atoms with van der Waals surface area (Å²) >= 11 is 0. The van der Waals surface area contributed by atoms with Crippen molar-refractivity contribution in [2.45, 2.75) is 33.6 Å². The summed E-state index contributed by atoms with van der Waals surface area (Å²) < 4.78 is 0. The monoisotopic (exact) mass is 175 g/mol. The molecule has 0 saturated carbocycles. The quantitative estimate of drug-likeness (QED) is 0.684. The number of hydrogen-bond acceptors (Lipinski definition) is 1. The summed E-state index contributed by atoms with van der Waals surface area (Å²) in [5.74, 6) is 0. The zero-order chi connectivity index (χ0) is 9.68. The van der Waals surface area contributed by atoms with Gasteiger partial charge in [0.1, 0.15) is 0 Å². The molecule has 1 heterocycles. The number of rotatable bonds is 3. The van der Waals surface area contributed by atoms with Gasteiger partial charge in [0, 0.05) is 11.9 Å². The summed E-state index contributed by atoms with van der Waals surface area (Å²) in [6.07, 6.45) is 6.48. The molecule has 0 N–H and O–H groups in total. The molecule has 0 aliphatic heterocycles. The van der Waals surface area contributed by atoms with Crippen molar-refractivity contribution in [2.24, 2.45) is 0 Å². The van der Waals surface area contributed by atoms with E-state index in [1.54, 1.807) is 0 Å². The van der Waals surface area contributed by atoms with Crippen LogP contribution in [0.3, 0.4) is 0 Å². The third-order valence-electron chi connectivity index (χ3n) is 2.17. The smallest absolute Gasteiger partial charge is 0.0447 e. The van der Waals surface area contributed by atoms with Gasteiger partial charge >= 0.3 is 0 Å². The predicted molar refractivity (Wildman–Crippen MR) is 57.5 cm³/mol. The zero-order valence-corrected chi connectivity index (χ0v) is 8.67. The summed E-state index contributed by atoms with van der Waals surface area (Å²) in [6, 6.07) is 4.12. The molecule has 0 aliphatic rings. The first kappa shape index (κ1) is 9.97. The molecule has 0 aliphatic carbocycles. The Hall–Kier alpha value is -1.11. The van der Waals surface area contributed by atoms with Crippen LogP contribution < -0.4 is 0 Å². The number of allylic oxidation sites excluding steroid dienone is 2. The Kier molecular flexibility index (Phi) is 3.69. The minimum Gasteiger partial charge on any atom is -0.261 e. The van der Waals surface area contributed by atoms with Crippen molar-refractivity contribution in [3.63, 3.8) is 0 Å². The Morgan fingerprint density at radius 3 is 2.92 bits per heavy atom. The summed E-state index contributed by atoms with van der Waals surface area (Å²) in [4.78, 5) is 4.27. The first-order valence-electron chi connectivity index (χ1n) is 4.84. The van der Waals surface area contributed by atoms with Crippen molar-refractivity contribution in [3.8, 4) is 0 Å². The molecule has 1 aromatic rings. The van der Waals surface area contributed by atoms with Crippen LogP contribution in [0.1, 0.15) is 37.9 Å². The van der Waals surface area contributed by atoms with Crippen LogP contribution in [0.5, 0.6) is 0 Å². The Labute approximate surface area is 80.5 Å². The van der Waals surface area contributed by atoms with Gasteiger partial charge in [0.05, 0.1) is 0 Å². The second kappa shape index (κ2) is 4.80. The van der Waals surface area contributed by atoms with Crippen LogP contribution in [0.2, 0.25) is 0 Å². The molecule has 0 atom stereocenters. The maximum Gasteiger partial charge on any atom is 0.0447 e. The zero-order valence-electron chi connectivity index (χ0n) is 8.67. The topological polar surface area (TPSA) is 12.9 Å². The average molecular weight is 175 g/mol. The van der Waals surface area contributed by atoms with Gasteiger partial charge in [0.25, 0.3) is 0 Å². The van der Waals surface area contributed by atoms with Crippen molar-refractivity contribution in [3.05, 3.63) is 35.7 Å². The van der Waals surface area contributed by atoms with Crippen LogP contribution >= 0.6 is 0 Å². The molecule has 1 rings (SSSR count). The van der Waals surface area contributed by atoms with E-state index in [0.29, 0.717) is 0 Å². The molecule has 0 fully saturated rings. The van der Waals surface area contributed by atoms with E-state index >= 15 is 0 Å². The summed E-state index contributed by atoms with van der Waals surface area (Å²) in [5, 5.41) is 0. The highest BCUT2D eigenvalue weighted by Crippen LogP contribution is 2.16. The fourth-order valence-electron chi connectivity index (χ4n) is 1.37. The van der Waals surface area contributed by atoms with E-state index in [-0.39, 0.29) is 0 Å². The van der Waals surface area contributed by atoms with Gasteiger partial charge in [0.2, 0.25) is 0 Å². The molecule has 1 heteroatoms. The highest BCUT2D eigenvalue weighted by Gasteiger charge is 1.98. The lowest BCUT2D eigenvalue weighted by Crippen LogP contribution is -1.88. The van der Waals surface area contributed by atoms with Gasteiger partial charge in [-0.2, -0.15) is 0 Å². The molecule has 0 spiro atoms. The molecule has 70 valence electrons. The molecule has 0 amide bonds. The lowest BCUT2D eigenvalue weighted by atomic mass is 10.1. The number of aromatic nitrogens is 1. The first-order chi connectivity index (χ1) is 6.25. The molecule has 1 nitrogen and oxygen atoms in total. The number of pyridine rings is 1. The van der Waals surface area contributed by atoms with Crippen LogP contribution in [-0.4, -0.2) is 4.98 Å². The van der Waals surface area contributed by atoms with E-state index in [9.17, 15) is 0 Å². The van der Waals surface area contributed by atoms with E-state index in [4.69, 9.17) is 0 Å². The van der Waals surface area contributed by atoms with Crippen LogP contribution in [0.15, 0.2) is 24.4 Å². The maximum absolute atomic E-state index is 4.27. The Balaban J connectivity index is 2.88. The largest absolute Gasteiger partial charge is 0.261 e. The molecular weight excluding hydrogens is 158 g/mol. The van der Waals surface area contributed by atoms with Crippen molar-refractivity contribution >= 4 is 5.57 Å². The number of unbranched alkanes of at least 4 members (excludes halogenated alkanes) is 1. The normalized spacial score (nSPS) is 11.8. The second-order valence-electron chi connectivity index (χ2n) is 3.31. The molecule has 0 unspecified atom stereocenters. The summed E-state index contributed by atoms with van der Waals surface area (Å²) in [7, 11) is 0. The minimum atomic E-state index is 1.12.